The van der Waals surface area contributed by atoms with E-state index in [1.54, 1.807) is 13.2 Å². The zero-order valence-corrected chi connectivity index (χ0v) is 11.4. The van der Waals surface area contributed by atoms with Crippen molar-refractivity contribution in [3.8, 4) is 17.2 Å². The second-order valence-corrected chi connectivity index (χ2v) is 4.37. The predicted octanol–water partition coefficient (Wildman–Crippen LogP) is 3.14. The van der Waals surface area contributed by atoms with E-state index in [1.165, 1.54) is 0 Å². The van der Waals surface area contributed by atoms with Gasteiger partial charge in [0.2, 0.25) is 0 Å². The molecule has 2 rings (SSSR count). The minimum Gasteiger partial charge on any atom is -0.494 e. The van der Waals surface area contributed by atoms with Crippen LogP contribution < -0.4 is 20.1 Å². The van der Waals surface area contributed by atoms with Crippen LogP contribution >= 0.6 is 0 Å². The molecule has 2 aromatic rings. The van der Waals surface area contributed by atoms with E-state index in [2.05, 4.69) is 0 Å². The lowest BCUT2D eigenvalue weighted by molar-refractivity contribution is 0.412. The molecule has 4 heteroatoms. The molecular formula is C15H18N2O2. The highest BCUT2D eigenvalue weighted by Gasteiger charge is 2.07. The Morgan fingerprint density at radius 2 is 1.68 bits per heavy atom. The molecule has 19 heavy (non-hydrogen) atoms. The lowest BCUT2D eigenvalue weighted by Crippen LogP contribution is -2.08. The van der Waals surface area contributed by atoms with Crippen molar-refractivity contribution in [2.45, 2.75) is 0 Å². The number of hydrogen-bond acceptors (Lipinski definition) is 4. The maximum absolute atomic E-state index is 5.98. The normalized spacial score (nSPS) is 10.1. The molecule has 0 amide bonds. The summed E-state index contributed by atoms with van der Waals surface area (Å²) in [5.41, 5.74) is 7.55. The van der Waals surface area contributed by atoms with E-state index in [0.717, 1.165) is 11.4 Å². The van der Waals surface area contributed by atoms with E-state index in [-0.39, 0.29) is 0 Å². The SMILES string of the molecule is COc1cccc(Oc2cccc(N(C)C)c2)c1N. The Hall–Kier alpha value is -2.36. The summed E-state index contributed by atoms with van der Waals surface area (Å²) in [6, 6.07) is 13.3. The first kappa shape index (κ1) is 13.1. The van der Waals surface area contributed by atoms with Crippen molar-refractivity contribution >= 4 is 11.4 Å². The fraction of sp³-hybridized carbons (Fsp3) is 0.200. The Balaban J connectivity index is 2.28. The summed E-state index contributed by atoms with van der Waals surface area (Å²) in [5.74, 6) is 1.95. The van der Waals surface area contributed by atoms with Gasteiger partial charge in [-0.3, -0.25) is 0 Å². The quantitative estimate of drug-likeness (QED) is 0.856. The van der Waals surface area contributed by atoms with Gasteiger partial charge in [-0.15, -0.1) is 0 Å². The third-order valence-corrected chi connectivity index (χ3v) is 2.81. The number of nitrogens with two attached hydrogens (primary N) is 1. The van der Waals surface area contributed by atoms with Gasteiger partial charge in [0.1, 0.15) is 17.2 Å². The molecule has 0 aliphatic carbocycles. The van der Waals surface area contributed by atoms with Gasteiger partial charge in [0, 0.05) is 25.8 Å². The molecule has 0 saturated carbocycles. The van der Waals surface area contributed by atoms with Gasteiger partial charge in [0.05, 0.1) is 7.11 Å². The first-order chi connectivity index (χ1) is 9.11. The first-order valence-electron chi connectivity index (χ1n) is 5.99. The van der Waals surface area contributed by atoms with Crippen LogP contribution in [0.1, 0.15) is 0 Å². The Bertz CT molecular complexity index is 568. The van der Waals surface area contributed by atoms with E-state index < -0.39 is 0 Å². The van der Waals surface area contributed by atoms with Crippen LogP contribution in [0.15, 0.2) is 42.5 Å². The molecule has 4 nitrogen and oxygen atoms in total. The van der Waals surface area contributed by atoms with Gasteiger partial charge in [-0.2, -0.15) is 0 Å². The second-order valence-electron chi connectivity index (χ2n) is 4.37. The molecule has 0 aliphatic heterocycles. The number of rotatable bonds is 4. The standard InChI is InChI=1S/C15H18N2O2/c1-17(2)11-6-4-7-12(10-11)19-14-9-5-8-13(18-3)15(14)16/h4-10H,16H2,1-3H3. The number of hydrogen-bond donors (Lipinski definition) is 1. The Morgan fingerprint density at radius 1 is 1.00 bits per heavy atom. The first-order valence-corrected chi connectivity index (χ1v) is 5.99. The largest absolute Gasteiger partial charge is 0.494 e. The van der Waals surface area contributed by atoms with Crippen LogP contribution in [0.3, 0.4) is 0 Å². The van der Waals surface area contributed by atoms with Crippen molar-refractivity contribution in [1.82, 2.24) is 0 Å². The van der Waals surface area contributed by atoms with Gasteiger partial charge < -0.3 is 20.1 Å². The summed E-state index contributed by atoms with van der Waals surface area (Å²) in [6.45, 7) is 0. The maximum atomic E-state index is 5.98. The number of benzene rings is 2. The zero-order chi connectivity index (χ0) is 13.8. The molecule has 2 aromatic carbocycles. The third kappa shape index (κ3) is 2.91. The van der Waals surface area contributed by atoms with Crippen molar-refractivity contribution in [3.63, 3.8) is 0 Å². The number of nitrogens with zero attached hydrogens (tertiary/aromatic N) is 1. The second kappa shape index (κ2) is 5.52. The Labute approximate surface area is 113 Å². The summed E-state index contributed by atoms with van der Waals surface area (Å²) >= 11 is 0. The van der Waals surface area contributed by atoms with Crippen molar-refractivity contribution in [1.29, 1.82) is 0 Å². The molecule has 0 spiro atoms. The van der Waals surface area contributed by atoms with Crippen molar-refractivity contribution < 1.29 is 9.47 Å². The summed E-state index contributed by atoms with van der Waals surface area (Å²) in [7, 11) is 5.56. The molecule has 0 bridgehead atoms. The topological polar surface area (TPSA) is 47.7 Å². The van der Waals surface area contributed by atoms with Gasteiger partial charge in [-0.25, -0.2) is 0 Å². The fourth-order valence-corrected chi connectivity index (χ4v) is 1.74. The highest BCUT2D eigenvalue weighted by molar-refractivity contribution is 5.64. The Kier molecular flexibility index (Phi) is 3.80. The average Bonchev–Trinajstić information content (AvgIpc) is 2.41. The molecule has 100 valence electrons. The minimum atomic E-state index is 0.500. The molecule has 0 radical (unpaired) electrons. The van der Waals surface area contributed by atoms with E-state index in [9.17, 15) is 0 Å². The molecule has 0 atom stereocenters. The fourth-order valence-electron chi connectivity index (χ4n) is 1.74. The molecular weight excluding hydrogens is 240 g/mol. The highest BCUT2D eigenvalue weighted by atomic mass is 16.5. The van der Waals surface area contributed by atoms with Crippen LogP contribution in [-0.2, 0) is 0 Å². The van der Waals surface area contributed by atoms with Crippen LogP contribution in [-0.4, -0.2) is 21.2 Å². The molecule has 0 aliphatic rings. The van der Waals surface area contributed by atoms with Crippen molar-refractivity contribution in [2.24, 2.45) is 0 Å². The molecule has 0 saturated heterocycles. The number of ether oxygens (including phenoxy) is 2. The highest BCUT2D eigenvalue weighted by Crippen LogP contribution is 2.34. The van der Waals surface area contributed by atoms with Crippen LogP contribution in [0, 0.1) is 0 Å². The van der Waals surface area contributed by atoms with E-state index in [0.29, 0.717) is 17.2 Å². The summed E-state index contributed by atoms with van der Waals surface area (Å²) in [5, 5.41) is 0. The molecule has 0 aromatic heterocycles. The summed E-state index contributed by atoms with van der Waals surface area (Å²) < 4.78 is 11.0. The summed E-state index contributed by atoms with van der Waals surface area (Å²) in [4.78, 5) is 2.02. The van der Waals surface area contributed by atoms with E-state index in [1.807, 2.05) is 55.4 Å². The number of anilines is 2. The third-order valence-electron chi connectivity index (χ3n) is 2.81. The van der Waals surface area contributed by atoms with Crippen LogP contribution in [0.25, 0.3) is 0 Å². The molecule has 0 fully saturated rings. The number of para-hydroxylation sites is 1. The maximum Gasteiger partial charge on any atom is 0.154 e. The predicted molar refractivity (Wildman–Crippen MR) is 78.2 cm³/mol. The van der Waals surface area contributed by atoms with Gasteiger partial charge in [-0.05, 0) is 24.3 Å². The number of nitrogen functional groups attached to an aromatic ring is 1. The van der Waals surface area contributed by atoms with Gasteiger partial charge >= 0.3 is 0 Å². The Morgan fingerprint density at radius 3 is 2.37 bits per heavy atom. The molecule has 0 heterocycles. The van der Waals surface area contributed by atoms with Crippen molar-refractivity contribution in [3.05, 3.63) is 42.5 Å². The van der Waals surface area contributed by atoms with E-state index in [4.69, 9.17) is 15.2 Å². The molecule has 0 unspecified atom stereocenters. The van der Waals surface area contributed by atoms with Gasteiger partial charge in [0.15, 0.2) is 5.75 Å². The van der Waals surface area contributed by atoms with Crippen LogP contribution in [0.2, 0.25) is 0 Å². The summed E-state index contributed by atoms with van der Waals surface area (Å²) in [6.07, 6.45) is 0. The monoisotopic (exact) mass is 258 g/mol. The minimum absolute atomic E-state index is 0.500. The smallest absolute Gasteiger partial charge is 0.154 e. The van der Waals surface area contributed by atoms with Crippen LogP contribution in [0.5, 0.6) is 17.2 Å². The lowest BCUT2D eigenvalue weighted by Gasteiger charge is -2.15. The van der Waals surface area contributed by atoms with Gasteiger partial charge in [0.25, 0.3) is 0 Å². The van der Waals surface area contributed by atoms with E-state index >= 15 is 0 Å². The van der Waals surface area contributed by atoms with Crippen LogP contribution in [0.4, 0.5) is 11.4 Å². The molecule has 2 N–H and O–H groups in total. The average molecular weight is 258 g/mol. The lowest BCUT2D eigenvalue weighted by atomic mass is 10.2. The van der Waals surface area contributed by atoms with Crippen molar-refractivity contribution in [2.75, 3.05) is 31.8 Å². The van der Waals surface area contributed by atoms with Gasteiger partial charge in [-0.1, -0.05) is 12.1 Å². The number of methoxy groups -OCH3 is 1. The zero-order valence-electron chi connectivity index (χ0n) is 11.4.